The number of aliphatic hydroxyl groups excluding tert-OH is 2. The van der Waals surface area contributed by atoms with Crippen LogP contribution in [0.4, 0.5) is 0 Å². The second kappa shape index (κ2) is 6.59. The molecule has 1 rings (SSSR count). The Balaban J connectivity index is 3.04. The van der Waals surface area contributed by atoms with Gasteiger partial charge in [-0.15, -0.1) is 11.6 Å². The Morgan fingerprint density at radius 1 is 1.47 bits per heavy atom. The fourth-order valence-corrected chi connectivity index (χ4v) is 1.74. The third-order valence-electron chi connectivity index (χ3n) is 2.51. The molecule has 0 saturated carbocycles. The van der Waals surface area contributed by atoms with Gasteiger partial charge in [-0.2, -0.15) is 0 Å². The lowest BCUT2D eigenvalue weighted by Gasteiger charge is -2.19. The van der Waals surface area contributed by atoms with Crippen LogP contribution in [0.2, 0.25) is 0 Å². The normalized spacial score (nSPS) is 14.1. The van der Waals surface area contributed by atoms with Crippen molar-refractivity contribution < 1.29 is 19.7 Å². The lowest BCUT2D eigenvalue weighted by atomic mass is 9.97. The first-order valence-corrected chi connectivity index (χ1v) is 5.72. The molecule has 94 valence electrons. The Labute approximate surface area is 105 Å². The van der Waals surface area contributed by atoms with Crippen molar-refractivity contribution in [1.29, 1.82) is 0 Å². The topological polar surface area (TPSA) is 66.8 Å². The number of hydrogen-bond donors (Lipinski definition) is 2. The van der Waals surface area contributed by atoms with E-state index >= 15 is 0 Å². The molecule has 0 radical (unpaired) electrons. The first kappa shape index (κ1) is 14.0. The van der Waals surface area contributed by atoms with Gasteiger partial charge in [0.2, 0.25) is 0 Å². The van der Waals surface area contributed by atoms with E-state index in [1.165, 1.54) is 19.2 Å². The zero-order valence-corrected chi connectivity index (χ0v) is 10.2. The average Bonchev–Trinajstić information content (AvgIpc) is 2.37. The Hall–Kier alpha value is -1.10. The molecule has 1 aromatic carbocycles. The Morgan fingerprint density at radius 2 is 2.18 bits per heavy atom. The smallest absolute Gasteiger partial charge is 0.150 e. The molecule has 0 saturated heterocycles. The number of aldehydes is 1. The molecule has 2 N–H and O–H groups in total. The molecule has 5 heteroatoms. The maximum Gasteiger partial charge on any atom is 0.150 e. The monoisotopic (exact) mass is 258 g/mol. The summed E-state index contributed by atoms with van der Waals surface area (Å²) in [5, 5.41) is 19.6. The minimum Gasteiger partial charge on any atom is -0.497 e. The second-order valence-corrected chi connectivity index (χ2v) is 3.98. The van der Waals surface area contributed by atoms with Crippen molar-refractivity contribution in [2.75, 3.05) is 13.0 Å². The third-order valence-corrected chi connectivity index (χ3v) is 2.73. The lowest BCUT2D eigenvalue weighted by Crippen LogP contribution is -2.20. The summed E-state index contributed by atoms with van der Waals surface area (Å²) >= 11 is 5.49. The summed E-state index contributed by atoms with van der Waals surface area (Å²) in [7, 11) is 1.49. The molecule has 2 unspecified atom stereocenters. The minimum absolute atomic E-state index is 0.235. The molecular weight excluding hydrogens is 244 g/mol. The molecule has 2 atom stereocenters. The number of halogens is 1. The third kappa shape index (κ3) is 3.43. The van der Waals surface area contributed by atoms with Gasteiger partial charge in [-0.1, -0.05) is 0 Å². The summed E-state index contributed by atoms with van der Waals surface area (Å²) in [6.45, 7) is 0. The largest absolute Gasteiger partial charge is 0.497 e. The highest BCUT2D eigenvalue weighted by Gasteiger charge is 2.21. The second-order valence-electron chi connectivity index (χ2n) is 3.60. The van der Waals surface area contributed by atoms with E-state index in [4.69, 9.17) is 16.3 Å². The summed E-state index contributed by atoms with van der Waals surface area (Å²) in [5.41, 5.74) is 0.670. The molecule has 0 spiro atoms. The molecule has 0 bridgehead atoms. The van der Waals surface area contributed by atoms with Crippen LogP contribution in [0.3, 0.4) is 0 Å². The molecule has 17 heavy (non-hydrogen) atoms. The molecule has 1 aromatic rings. The highest BCUT2D eigenvalue weighted by molar-refractivity contribution is 6.17. The van der Waals surface area contributed by atoms with E-state index in [2.05, 4.69) is 0 Å². The molecule has 0 aliphatic carbocycles. The average molecular weight is 259 g/mol. The number of hydrogen-bond acceptors (Lipinski definition) is 4. The predicted octanol–water partition coefficient (Wildman–Crippen LogP) is 1.53. The van der Waals surface area contributed by atoms with Gasteiger partial charge in [0.1, 0.15) is 18.1 Å². The van der Waals surface area contributed by atoms with Crippen molar-refractivity contribution in [3.05, 3.63) is 29.3 Å². The molecule has 0 aromatic heterocycles. The molecule has 0 amide bonds. The fourth-order valence-electron chi connectivity index (χ4n) is 1.52. The van der Waals surface area contributed by atoms with Crippen molar-refractivity contribution in [2.45, 2.75) is 18.6 Å². The van der Waals surface area contributed by atoms with Crippen molar-refractivity contribution in [2.24, 2.45) is 0 Å². The number of ether oxygens (including phenoxy) is 1. The zero-order valence-electron chi connectivity index (χ0n) is 9.47. The predicted molar refractivity (Wildman–Crippen MR) is 64.7 cm³/mol. The van der Waals surface area contributed by atoms with Crippen LogP contribution in [-0.2, 0) is 0 Å². The van der Waals surface area contributed by atoms with Gasteiger partial charge in [0, 0.05) is 11.4 Å². The van der Waals surface area contributed by atoms with Crippen molar-refractivity contribution >= 4 is 17.9 Å². The Bertz CT molecular complexity index is 381. The summed E-state index contributed by atoms with van der Waals surface area (Å²) in [4.78, 5) is 10.9. The van der Waals surface area contributed by atoms with E-state index in [0.29, 0.717) is 23.2 Å². The molecule has 0 fully saturated rings. The summed E-state index contributed by atoms with van der Waals surface area (Å²) in [6.07, 6.45) is -1.27. The van der Waals surface area contributed by atoms with Gasteiger partial charge in [0.05, 0.1) is 13.2 Å². The van der Waals surface area contributed by atoms with Gasteiger partial charge in [-0.3, -0.25) is 4.79 Å². The molecule has 0 heterocycles. The van der Waals surface area contributed by atoms with Crippen LogP contribution >= 0.6 is 11.6 Å². The van der Waals surface area contributed by atoms with E-state index in [1.807, 2.05) is 0 Å². The van der Waals surface area contributed by atoms with Crippen LogP contribution in [0, 0.1) is 0 Å². The maximum atomic E-state index is 10.9. The first-order valence-electron chi connectivity index (χ1n) is 5.19. The number of alkyl halides is 1. The van der Waals surface area contributed by atoms with E-state index in [-0.39, 0.29) is 12.3 Å². The fraction of sp³-hybridized carbons (Fsp3) is 0.417. The van der Waals surface area contributed by atoms with Crippen molar-refractivity contribution in [1.82, 2.24) is 0 Å². The van der Waals surface area contributed by atoms with Crippen molar-refractivity contribution in [3.8, 4) is 5.75 Å². The van der Waals surface area contributed by atoms with Gasteiger partial charge in [0.25, 0.3) is 0 Å². The first-order chi connectivity index (χ1) is 8.13. The van der Waals surface area contributed by atoms with Crippen LogP contribution in [0.5, 0.6) is 5.75 Å². The van der Waals surface area contributed by atoms with Gasteiger partial charge >= 0.3 is 0 Å². The van der Waals surface area contributed by atoms with Gasteiger partial charge < -0.3 is 14.9 Å². The van der Waals surface area contributed by atoms with Crippen LogP contribution < -0.4 is 4.74 Å². The molecular formula is C12H15ClO4. The maximum absolute atomic E-state index is 10.9. The quantitative estimate of drug-likeness (QED) is 0.600. The van der Waals surface area contributed by atoms with E-state index < -0.39 is 12.2 Å². The van der Waals surface area contributed by atoms with E-state index in [1.54, 1.807) is 6.07 Å². The van der Waals surface area contributed by atoms with Crippen LogP contribution in [0.15, 0.2) is 18.2 Å². The van der Waals surface area contributed by atoms with Crippen LogP contribution in [0.25, 0.3) is 0 Å². The highest BCUT2D eigenvalue weighted by atomic mass is 35.5. The number of carbonyl (C=O) groups excluding carboxylic acids is 1. The lowest BCUT2D eigenvalue weighted by molar-refractivity contribution is 0.0165. The summed E-state index contributed by atoms with van der Waals surface area (Å²) < 4.78 is 5.01. The Kier molecular flexibility index (Phi) is 5.41. The summed E-state index contributed by atoms with van der Waals surface area (Å²) in [5.74, 6) is 0.751. The van der Waals surface area contributed by atoms with Crippen molar-refractivity contribution in [3.63, 3.8) is 0 Å². The number of methoxy groups -OCH3 is 1. The van der Waals surface area contributed by atoms with E-state index in [0.717, 1.165) is 0 Å². The number of aliphatic hydroxyl groups is 2. The van der Waals surface area contributed by atoms with Crippen LogP contribution in [-0.4, -0.2) is 35.6 Å². The number of carbonyl (C=O) groups is 1. The highest BCUT2D eigenvalue weighted by Crippen LogP contribution is 2.26. The van der Waals surface area contributed by atoms with Gasteiger partial charge in [-0.05, 0) is 30.2 Å². The SMILES string of the molecule is COc1ccc(C=O)c(C(O)C(O)CCCl)c1. The van der Waals surface area contributed by atoms with Gasteiger partial charge in [-0.25, -0.2) is 0 Å². The van der Waals surface area contributed by atoms with E-state index in [9.17, 15) is 15.0 Å². The van der Waals surface area contributed by atoms with Gasteiger partial charge in [0.15, 0.2) is 0 Å². The standard InChI is InChI=1S/C12H15ClO4/c1-17-9-3-2-8(7-14)10(6-9)12(16)11(15)4-5-13/h2-3,6-7,11-12,15-16H,4-5H2,1H3. The Morgan fingerprint density at radius 3 is 2.71 bits per heavy atom. The number of benzene rings is 1. The summed E-state index contributed by atoms with van der Waals surface area (Å²) in [6, 6.07) is 4.69. The minimum atomic E-state index is -1.15. The number of rotatable bonds is 6. The van der Waals surface area contributed by atoms with Crippen LogP contribution in [0.1, 0.15) is 28.4 Å². The zero-order chi connectivity index (χ0) is 12.8. The molecule has 0 aliphatic rings. The molecule has 0 aliphatic heterocycles. The molecule has 4 nitrogen and oxygen atoms in total.